The number of rotatable bonds is 7. The molecule has 0 spiro atoms. The fraction of sp³-hybridized carbons (Fsp3) is 0.350. The predicted molar refractivity (Wildman–Crippen MR) is 93.3 cm³/mol. The second kappa shape index (κ2) is 8.49. The van der Waals surface area contributed by atoms with Gasteiger partial charge in [-0.1, -0.05) is 48.0 Å². The lowest BCUT2D eigenvalue weighted by Gasteiger charge is -2.08. The molecule has 23 heavy (non-hydrogen) atoms. The van der Waals surface area contributed by atoms with Crippen molar-refractivity contribution in [2.75, 3.05) is 6.54 Å². The summed E-state index contributed by atoms with van der Waals surface area (Å²) in [5, 5.41) is 12.0. The SMILES string of the molecule is Cc1ccc(CCC(=O)NCCc2ccc(CO)cc2)c(C)c1. The standard InChI is InChI=1S/C20H25NO2/c1-15-3-8-19(16(2)13-15)9-10-20(23)21-12-11-17-4-6-18(14-22)7-5-17/h3-8,13,22H,9-12,14H2,1-2H3,(H,21,23). The van der Waals surface area contributed by atoms with Crippen molar-refractivity contribution < 1.29 is 9.90 Å². The third-order valence-corrected chi connectivity index (χ3v) is 4.06. The van der Waals surface area contributed by atoms with Gasteiger partial charge >= 0.3 is 0 Å². The minimum absolute atomic E-state index is 0.0649. The summed E-state index contributed by atoms with van der Waals surface area (Å²) >= 11 is 0. The fourth-order valence-electron chi connectivity index (χ4n) is 2.62. The van der Waals surface area contributed by atoms with Gasteiger partial charge in [-0.05, 0) is 48.9 Å². The molecule has 0 saturated heterocycles. The molecule has 1 amide bonds. The summed E-state index contributed by atoms with van der Waals surface area (Å²) < 4.78 is 0. The molecule has 0 bridgehead atoms. The first-order chi connectivity index (χ1) is 11.1. The lowest BCUT2D eigenvalue weighted by molar-refractivity contribution is -0.121. The fourth-order valence-corrected chi connectivity index (χ4v) is 2.62. The van der Waals surface area contributed by atoms with Crippen LogP contribution >= 0.6 is 0 Å². The maximum Gasteiger partial charge on any atom is 0.220 e. The number of hydrogen-bond donors (Lipinski definition) is 2. The molecule has 0 aromatic heterocycles. The van der Waals surface area contributed by atoms with Gasteiger partial charge in [0.15, 0.2) is 0 Å². The van der Waals surface area contributed by atoms with E-state index in [-0.39, 0.29) is 12.5 Å². The maximum atomic E-state index is 11.9. The average molecular weight is 311 g/mol. The third kappa shape index (κ3) is 5.53. The number of benzene rings is 2. The highest BCUT2D eigenvalue weighted by Crippen LogP contribution is 2.12. The van der Waals surface area contributed by atoms with E-state index in [1.54, 1.807) is 0 Å². The van der Waals surface area contributed by atoms with Gasteiger partial charge in [0.05, 0.1) is 6.61 Å². The largest absolute Gasteiger partial charge is 0.392 e. The number of nitrogens with one attached hydrogen (secondary N) is 1. The molecule has 0 aliphatic carbocycles. The first-order valence-corrected chi connectivity index (χ1v) is 8.10. The molecule has 0 saturated carbocycles. The average Bonchev–Trinajstić information content (AvgIpc) is 2.54. The molecule has 0 atom stereocenters. The van der Waals surface area contributed by atoms with E-state index in [1.807, 2.05) is 24.3 Å². The van der Waals surface area contributed by atoms with Crippen molar-refractivity contribution in [3.63, 3.8) is 0 Å². The van der Waals surface area contributed by atoms with Crippen molar-refractivity contribution in [3.8, 4) is 0 Å². The molecule has 3 nitrogen and oxygen atoms in total. The highest BCUT2D eigenvalue weighted by Gasteiger charge is 2.04. The number of aryl methyl sites for hydroxylation is 3. The van der Waals surface area contributed by atoms with Crippen molar-refractivity contribution >= 4 is 5.91 Å². The van der Waals surface area contributed by atoms with Crippen LogP contribution in [0, 0.1) is 13.8 Å². The summed E-state index contributed by atoms with van der Waals surface area (Å²) in [4.78, 5) is 11.9. The molecule has 0 aliphatic rings. The second-order valence-corrected chi connectivity index (χ2v) is 6.00. The molecular weight excluding hydrogens is 286 g/mol. The maximum absolute atomic E-state index is 11.9. The summed E-state index contributed by atoms with van der Waals surface area (Å²) in [5.41, 5.74) is 5.82. The Balaban J connectivity index is 1.72. The molecule has 0 fully saturated rings. The molecule has 2 aromatic rings. The molecule has 0 radical (unpaired) electrons. The topological polar surface area (TPSA) is 49.3 Å². The zero-order valence-corrected chi connectivity index (χ0v) is 13.9. The first kappa shape index (κ1) is 17.2. The Hall–Kier alpha value is -2.13. The number of hydrogen-bond acceptors (Lipinski definition) is 2. The number of carbonyl (C=O) groups excluding carboxylic acids is 1. The Morgan fingerprint density at radius 1 is 1.00 bits per heavy atom. The van der Waals surface area contributed by atoms with E-state index in [0.29, 0.717) is 13.0 Å². The summed E-state index contributed by atoms with van der Waals surface area (Å²) in [6, 6.07) is 14.2. The van der Waals surface area contributed by atoms with Crippen LogP contribution in [0.2, 0.25) is 0 Å². The van der Waals surface area contributed by atoms with Crippen molar-refractivity contribution in [2.24, 2.45) is 0 Å². The number of carbonyl (C=O) groups is 1. The lowest BCUT2D eigenvalue weighted by Crippen LogP contribution is -2.25. The number of amides is 1. The van der Waals surface area contributed by atoms with Gasteiger partial charge in [-0.25, -0.2) is 0 Å². The van der Waals surface area contributed by atoms with Gasteiger partial charge in [0.1, 0.15) is 0 Å². The van der Waals surface area contributed by atoms with E-state index >= 15 is 0 Å². The Morgan fingerprint density at radius 2 is 1.70 bits per heavy atom. The van der Waals surface area contributed by atoms with Gasteiger partial charge in [0, 0.05) is 13.0 Å². The van der Waals surface area contributed by atoms with Gasteiger partial charge in [-0.2, -0.15) is 0 Å². The van der Waals surface area contributed by atoms with Crippen LogP contribution in [0.4, 0.5) is 0 Å². The van der Waals surface area contributed by atoms with Crippen LogP contribution in [0.5, 0.6) is 0 Å². The predicted octanol–water partition coefficient (Wildman–Crippen LogP) is 3.09. The van der Waals surface area contributed by atoms with Gasteiger partial charge in [-0.3, -0.25) is 4.79 Å². The Bertz CT molecular complexity index is 647. The minimum atomic E-state index is 0.0649. The summed E-state index contributed by atoms with van der Waals surface area (Å²) in [6.45, 7) is 4.88. The van der Waals surface area contributed by atoms with Crippen molar-refractivity contribution in [3.05, 3.63) is 70.3 Å². The molecule has 0 heterocycles. The van der Waals surface area contributed by atoms with E-state index in [9.17, 15) is 4.79 Å². The molecule has 122 valence electrons. The van der Waals surface area contributed by atoms with Crippen LogP contribution in [0.1, 0.15) is 34.2 Å². The monoisotopic (exact) mass is 311 g/mol. The molecule has 3 heteroatoms. The Kier molecular flexibility index (Phi) is 6.36. The highest BCUT2D eigenvalue weighted by atomic mass is 16.3. The first-order valence-electron chi connectivity index (χ1n) is 8.10. The van der Waals surface area contributed by atoms with Crippen LogP contribution in [-0.2, 0) is 24.2 Å². The molecule has 2 aromatic carbocycles. The second-order valence-electron chi connectivity index (χ2n) is 6.00. The molecule has 2 N–H and O–H groups in total. The summed E-state index contributed by atoms with van der Waals surface area (Å²) in [5.74, 6) is 0.0944. The van der Waals surface area contributed by atoms with Crippen molar-refractivity contribution in [2.45, 2.75) is 39.7 Å². The van der Waals surface area contributed by atoms with Crippen molar-refractivity contribution in [1.82, 2.24) is 5.32 Å². The van der Waals surface area contributed by atoms with Crippen LogP contribution in [0.15, 0.2) is 42.5 Å². The van der Waals surface area contributed by atoms with Crippen LogP contribution in [0.3, 0.4) is 0 Å². The van der Waals surface area contributed by atoms with E-state index in [4.69, 9.17) is 5.11 Å². The van der Waals surface area contributed by atoms with Crippen LogP contribution in [0.25, 0.3) is 0 Å². The van der Waals surface area contributed by atoms with E-state index in [2.05, 4.69) is 37.4 Å². The van der Waals surface area contributed by atoms with E-state index < -0.39 is 0 Å². The summed E-state index contributed by atoms with van der Waals surface area (Å²) in [6.07, 6.45) is 2.11. The van der Waals surface area contributed by atoms with Gasteiger partial charge in [0.2, 0.25) is 5.91 Å². The lowest BCUT2D eigenvalue weighted by atomic mass is 10.0. The van der Waals surface area contributed by atoms with Gasteiger partial charge in [0.25, 0.3) is 0 Å². The minimum Gasteiger partial charge on any atom is -0.392 e. The molecule has 0 unspecified atom stereocenters. The summed E-state index contributed by atoms with van der Waals surface area (Å²) in [7, 11) is 0. The smallest absolute Gasteiger partial charge is 0.220 e. The zero-order valence-electron chi connectivity index (χ0n) is 13.9. The third-order valence-electron chi connectivity index (χ3n) is 4.06. The molecule has 0 aliphatic heterocycles. The zero-order chi connectivity index (χ0) is 16.7. The van der Waals surface area contributed by atoms with E-state index in [1.165, 1.54) is 16.7 Å². The highest BCUT2D eigenvalue weighted by molar-refractivity contribution is 5.76. The number of aliphatic hydroxyl groups is 1. The quantitative estimate of drug-likeness (QED) is 0.825. The van der Waals surface area contributed by atoms with Crippen molar-refractivity contribution in [1.29, 1.82) is 0 Å². The molecular formula is C20H25NO2. The van der Waals surface area contributed by atoms with Crippen LogP contribution in [-0.4, -0.2) is 17.6 Å². The van der Waals surface area contributed by atoms with Crippen LogP contribution < -0.4 is 5.32 Å². The Morgan fingerprint density at radius 3 is 2.35 bits per heavy atom. The van der Waals surface area contributed by atoms with Gasteiger partial charge in [-0.15, -0.1) is 0 Å². The molecule has 2 rings (SSSR count). The van der Waals surface area contributed by atoms with Gasteiger partial charge < -0.3 is 10.4 Å². The Labute approximate surface area is 138 Å². The van der Waals surface area contributed by atoms with E-state index in [0.717, 1.165) is 24.0 Å². The normalized spacial score (nSPS) is 10.6. The number of aliphatic hydroxyl groups excluding tert-OH is 1.